The van der Waals surface area contributed by atoms with E-state index in [0.29, 0.717) is 11.6 Å². The fraction of sp³-hybridized carbons (Fsp3) is 0.409. The van der Waals surface area contributed by atoms with Crippen molar-refractivity contribution in [2.75, 3.05) is 7.05 Å². The van der Waals surface area contributed by atoms with Crippen LogP contribution in [0.3, 0.4) is 0 Å². The molecule has 0 amide bonds. The maximum Gasteiger partial charge on any atom is 0.151 e. The van der Waals surface area contributed by atoms with Gasteiger partial charge < -0.3 is 0 Å². The van der Waals surface area contributed by atoms with Crippen LogP contribution < -0.4 is 0 Å². The van der Waals surface area contributed by atoms with Crippen LogP contribution >= 0.6 is 11.6 Å². The Labute approximate surface area is 174 Å². The predicted octanol–water partition coefficient (Wildman–Crippen LogP) is 4.84. The summed E-state index contributed by atoms with van der Waals surface area (Å²) in [5.74, 6) is 2.27. The van der Waals surface area contributed by atoms with E-state index in [1.54, 1.807) is 12.3 Å². The van der Waals surface area contributed by atoms with Crippen molar-refractivity contribution in [2.24, 2.45) is 0 Å². The van der Waals surface area contributed by atoms with Crippen molar-refractivity contribution in [1.82, 2.24) is 24.6 Å². The van der Waals surface area contributed by atoms with Crippen LogP contribution in [0.15, 0.2) is 36.5 Å². The Morgan fingerprint density at radius 2 is 1.83 bits per heavy atom. The molecule has 0 unspecified atom stereocenters. The van der Waals surface area contributed by atoms with Crippen molar-refractivity contribution in [3.05, 3.63) is 70.3 Å². The van der Waals surface area contributed by atoms with E-state index in [2.05, 4.69) is 37.8 Å². The van der Waals surface area contributed by atoms with E-state index in [0.717, 1.165) is 61.1 Å². The molecule has 0 spiro atoms. The average molecular weight is 412 g/mol. The summed E-state index contributed by atoms with van der Waals surface area (Å²) < 4.78 is 16.4. The maximum atomic E-state index is 14.1. The van der Waals surface area contributed by atoms with Crippen LogP contribution in [0, 0.1) is 5.82 Å². The molecular weight excluding hydrogens is 389 g/mol. The van der Waals surface area contributed by atoms with E-state index >= 15 is 0 Å². The summed E-state index contributed by atoms with van der Waals surface area (Å²) in [4.78, 5) is 6.52. The third-order valence-corrected chi connectivity index (χ3v) is 6.39. The smallest absolute Gasteiger partial charge is 0.151 e. The SMILES string of the molecule is CN1Cc2cc(Cl)ccc2-n2c(nnc2[C@H]2CC[C@H](c3ncccc3F)CC2)C1. The predicted molar refractivity (Wildman–Crippen MR) is 110 cm³/mol. The molecule has 1 fully saturated rings. The summed E-state index contributed by atoms with van der Waals surface area (Å²) in [6, 6.07) is 9.19. The third-order valence-electron chi connectivity index (χ3n) is 6.16. The number of benzene rings is 1. The Balaban J connectivity index is 1.45. The van der Waals surface area contributed by atoms with Crippen LogP contribution in [0.5, 0.6) is 0 Å². The lowest BCUT2D eigenvalue weighted by Gasteiger charge is -2.28. The molecule has 150 valence electrons. The van der Waals surface area contributed by atoms with Crippen LogP contribution in [0.25, 0.3) is 5.69 Å². The van der Waals surface area contributed by atoms with Crippen LogP contribution in [-0.4, -0.2) is 31.7 Å². The molecule has 0 radical (unpaired) electrons. The first kappa shape index (κ1) is 18.7. The molecule has 0 N–H and O–H groups in total. The molecule has 1 saturated carbocycles. The zero-order valence-electron chi connectivity index (χ0n) is 16.4. The van der Waals surface area contributed by atoms with Crippen molar-refractivity contribution in [3.8, 4) is 5.69 Å². The Hall–Kier alpha value is -2.31. The molecular formula is C22H23ClFN5. The molecule has 3 heterocycles. The summed E-state index contributed by atoms with van der Waals surface area (Å²) >= 11 is 6.26. The first-order valence-corrected chi connectivity index (χ1v) is 10.5. The standard InChI is InChI=1S/C22H23ClFN5/c1-28-12-16-11-17(23)8-9-19(16)29-20(13-28)26-27-22(29)15-6-4-14(5-7-15)21-18(24)3-2-10-25-21/h2-3,8-11,14-15H,4-7,12-13H2,1H3/t14-,15-. The Morgan fingerprint density at radius 3 is 2.62 bits per heavy atom. The quantitative estimate of drug-likeness (QED) is 0.605. The lowest BCUT2D eigenvalue weighted by atomic mass is 9.79. The fourth-order valence-corrected chi connectivity index (χ4v) is 4.96. The topological polar surface area (TPSA) is 46.8 Å². The van der Waals surface area contributed by atoms with Crippen LogP contribution in [0.4, 0.5) is 4.39 Å². The molecule has 29 heavy (non-hydrogen) atoms. The lowest BCUT2D eigenvalue weighted by Crippen LogP contribution is -2.18. The highest BCUT2D eigenvalue weighted by Crippen LogP contribution is 2.41. The zero-order chi connectivity index (χ0) is 20.0. The molecule has 5 rings (SSSR count). The van der Waals surface area contributed by atoms with Gasteiger partial charge in [-0.3, -0.25) is 14.5 Å². The molecule has 1 aromatic carbocycles. The van der Waals surface area contributed by atoms with Gasteiger partial charge in [-0.25, -0.2) is 4.39 Å². The summed E-state index contributed by atoms with van der Waals surface area (Å²) in [7, 11) is 2.08. The van der Waals surface area contributed by atoms with Gasteiger partial charge in [0, 0.05) is 29.6 Å². The molecule has 3 aromatic rings. The van der Waals surface area contributed by atoms with Crippen LogP contribution in [-0.2, 0) is 13.1 Å². The summed E-state index contributed by atoms with van der Waals surface area (Å²) in [6.45, 7) is 1.57. The molecule has 5 nitrogen and oxygen atoms in total. The number of hydrogen-bond acceptors (Lipinski definition) is 4. The van der Waals surface area contributed by atoms with Gasteiger partial charge >= 0.3 is 0 Å². The second-order valence-electron chi connectivity index (χ2n) is 8.17. The van der Waals surface area contributed by atoms with Crippen molar-refractivity contribution >= 4 is 11.6 Å². The molecule has 7 heteroatoms. The second kappa shape index (κ2) is 7.50. The average Bonchev–Trinajstić information content (AvgIpc) is 3.06. The summed E-state index contributed by atoms with van der Waals surface area (Å²) in [5, 5.41) is 9.86. The molecule has 0 bridgehead atoms. The number of nitrogens with zero attached hydrogens (tertiary/aromatic N) is 5. The number of fused-ring (bicyclic) bond motifs is 3. The van der Waals surface area contributed by atoms with Crippen LogP contribution in [0.2, 0.25) is 5.02 Å². The zero-order valence-corrected chi connectivity index (χ0v) is 17.1. The minimum Gasteiger partial charge on any atom is -0.295 e. The monoisotopic (exact) mass is 411 g/mol. The normalized spacial score (nSPS) is 22.0. The van der Waals surface area contributed by atoms with Crippen LogP contribution in [0.1, 0.15) is 60.4 Å². The highest BCUT2D eigenvalue weighted by Gasteiger charge is 2.31. The van der Waals surface area contributed by atoms with Crippen molar-refractivity contribution in [3.63, 3.8) is 0 Å². The van der Waals surface area contributed by atoms with Gasteiger partial charge in [0.1, 0.15) is 11.6 Å². The Bertz CT molecular complexity index is 1040. The van der Waals surface area contributed by atoms with E-state index in [-0.39, 0.29) is 11.7 Å². The number of halogens is 2. The Kier molecular flexibility index (Phi) is 4.84. The molecule has 2 aliphatic rings. The van der Waals surface area contributed by atoms with E-state index in [9.17, 15) is 4.39 Å². The van der Waals surface area contributed by atoms with Gasteiger partial charge in [0.25, 0.3) is 0 Å². The van der Waals surface area contributed by atoms with E-state index in [1.807, 2.05) is 12.1 Å². The van der Waals surface area contributed by atoms with E-state index in [4.69, 9.17) is 11.6 Å². The largest absolute Gasteiger partial charge is 0.295 e. The minimum absolute atomic E-state index is 0.177. The molecule has 1 aliphatic carbocycles. The van der Waals surface area contributed by atoms with E-state index < -0.39 is 0 Å². The number of rotatable bonds is 2. The van der Waals surface area contributed by atoms with Gasteiger partial charge in [0.05, 0.1) is 17.9 Å². The van der Waals surface area contributed by atoms with Gasteiger partial charge in [0.2, 0.25) is 0 Å². The Morgan fingerprint density at radius 1 is 1.03 bits per heavy atom. The number of pyridine rings is 1. The summed E-state index contributed by atoms with van der Waals surface area (Å²) in [6.07, 6.45) is 5.42. The van der Waals surface area contributed by atoms with Gasteiger partial charge in [-0.1, -0.05) is 11.6 Å². The molecule has 2 aromatic heterocycles. The van der Waals surface area contributed by atoms with Crippen molar-refractivity contribution < 1.29 is 4.39 Å². The molecule has 1 aliphatic heterocycles. The highest BCUT2D eigenvalue weighted by atomic mass is 35.5. The summed E-state index contributed by atoms with van der Waals surface area (Å²) in [5.41, 5.74) is 2.91. The fourth-order valence-electron chi connectivity index (χ4n) is 4.77. The first-order valence-electron chi connectivity index (χ1n) is 10.1. The third kappa shape index (κ3) is 3.45. The minimum atomic E-state index is -0.193. The van der Waals surface area contributed by atoms with Gasteiger partial charge in [-0.05, 0) is 68.6 Å². The van der Waals surface area contributed by atoms with Gasteiger partial charge in [-0.15, -0.1) is 10.2 Å². The van der Waals surface area contributed by atoms with Crippen molar-refractivity contribution in [2.45, 2.75) is 50.6 Å². The number of hydrogen-bond donors (Lipinski definition) is 0. The molecule has 0 saturated heterocycles. The number of aromatic nitrogens is 4. The van der Waals surface area contributed by atoms with Gasteiger partial charge in [-0.2, -0.15) is 0 Å². The molecule has 0 atom stereocenters. The highest BCUT2D eigenvalue weighted by molar-refractivity contribution is 6.30. The van der Waals surface area contributed by atoms with Crippen molar-refractivity contribution in [1.29, 1.82) is 0 Å². The maximum absolute atomic E-state index is 14.1. The lowest BCUT2D eigenvalue weighted by molar-refractivity contribution is 0.315. The second-order valence-corrected chi connectivity index (χ2v) is 8.61. The van der Waals surface area contributed by atoms with Gasteiger partial charge in [0.15, 0.2) is 5.82 Å². The first-order chi connectivity index (χ1) is 14.1. The van der Waals surface area contributed by atoms with E-state index in [1.165, 1.54) is 11.6 Å².